The first kappa shape index (κ1) is 26.9. The molecule has 42 heavy (non-hydrogen) atoms. The van der Waals surface area contributed by atoms with E-state index in [2.05, 4.69) is 20.5 Å². The summed E-state index contributed by atoms with van der Waals surface area (Å²) >= 11 is 0. The normalized spacial score (nSPS) is 23.5. The molecule has 1 atom stereocenters. The van der Waals surface area contributed by atoms with E-state index in [1.807, 2.05) is 50.6 Å². The van der Waals surface area contributed by atoms with Gasteiger partial charge in [-0.3, -0.25) is 4.79 Å². The molecule has 3 aliphatic rings. The summed E-state index contributed by atoms with van der Waals surface area (Å²) in [7, 11) is -2.93. The van der Waals surface area contributed by atoms with Gasteiger partial charge in [0.25, 0.3) is 0 Å². The van der Waals surface area contributed by atoms with E-state index in [4.69, 9.17) is 9.72 Å². The molecule has 1 amide bonds. The van der Waals surface area contributed by atoms with Gasteiger partial charge in [0.2, 0.25) is 11.9 Å². The number of rotatable bonds is 7. The summed E-state index contributed by atoms with van der Waals surface area (Å²) < 4.78 is 33.7. The number of carbonyl (C=O) groups is 1. The number of anilines is 1. The Morgan fingerprint density at radius 3 is 2.79 bits per heavy atom. The van der Waals surface area contributed by atoms with Crippen LogP contribution < -0.4 is 10.1 Å². The molecule has 13 heteroatoms. The Hall–Kier alpha value is -4.00. The van der Waals surface area contributed by atoms with Crippen molar-refractivity contribution in [3.63, 3.8) is 0 Å². The van der Waals surface area contributed by atoms with E-state index in [-0.39, 0.29) is 35.3 Å². The van der Waals surface area contributed by atoms with Crippen LogP contribution in [-0.4, -0.2) is 79.2 Å². The molecule has 1 aromatic carbocycles. The number of nitrogens with zero attached hydrogens (tertiary/aromatic N) is 7. The summed E-state index contributed by atoms with van der Waals surface area (Å²) in [6.45, 7) is 2.37. The van der Waals surface area contributed by atoms with Crippen molar-refractivity contribution >= 4 is 32.6 Å². The highest BCUT2D eigenvalue weighted by atomic mass is 32.2. The number of carbonyl (C=O) groups excluding carboxylic acids is 1. The Morgan fingerprint density at radius 2 is 1.95 bits per heavy atom. The summed E-state index contributed by atoms with van der Waals surface area (Å²) in [6.07, 6.45) is 9.51. The lowest BCUT2D eigenvalue weighted by Gasteiger charge is -2.34. The topological polar surface area (TPSA) is 137 Å². The molecule has 1 saturated carbocycles. The first-order chi connectivity index (χ1) is 20.4. The van der Waals surface area contributed by atoms with Gasteiger partial charge >= 0.3 is 0 Å². The van der Waals surface area contributed by atoms with Crippen LogP contribution in [0.2, 0.25) is 0 Å². The largest absolute Gasteiger partial charge is 0.493 e. The van der Waals surface area contributed by atoms with Gasteiger partial charge in [-0.25, -0.2) is 13.4 Å². The Bertz CT molecular complexity index is 1710. The van der Waals surface area contributed by atoms with Gasteiger partial charge < -0.3 is 24.1 Å². The van der Waals surface area contributed by atoms with Gasteiger partial charge in [0.05, 0.1) is 30.2 Å². The predicted molar refractivity (Wildman–Crippen MR) is 156 cm³/mol. The van der Waals surface area contributed by atoms with Crippen LogP contribution in [0.4, 0.5) is 5.95 Å². The Balaban J connectivity index is 0.977. The van der Waals surface area contributed by atoms with Crippen molar-refractivity contribution in [1.29, 1.82) is 0 Å². The summed E-state index contributed by atoms with van der Waals surface area (Å²) in [6, 6.07) is 9.94. The number of hydrogen-bond donors (Lipinski definition) is 1. The first-order valence-corrected chi connectivity index (χ1v) is 16.4. The van der Waals surface area contributed by atoms with Crippen molar-refractivity contribution in [2.75, 3.05) is 30.0 Å². The van der Waals surface area contributed by atoms with E-state index in [9.17, 15) is 13.2 Å². The van der Waals surface area contributed by atoms with Crippen LogP contribution in [0.3, 0.4) is 0 Å². The smallest absolute Gasteiger partial charge is 0.226 e. The molecule has 2 aliphatic heterocycles. The molecule has 2 fully saturated rings. The first-order valence-electron chi connectivity index (χ1n) is 14.6. The maximum absolute atomic E-state index is 13.2. The zero-order chi connectivity index (χ0) is 28.7. The van der Waals surface area contributed by atoms with Crippen LogP contribution in [0.15, 0.2) is 49.1 Å². The molecule has 0 spiro atoms. The number of benzene rings is 1. The van der Waals surface area contributed by atoms with Crippen molar-refractivity contribution in [2.24, 2.45) is 11.8 Å². The van der Waals surface area contributed by atoms with Gasteiger partial charge in [0.1, 0.15) is 17.9 Å². The third kappa shape index (κ3) is 5.44. The number of fused-ring (bicyclic) bond motifs is 2. The van der Waals surface area contributed by atoms with E-state index in [1.54, 1.807) is 12.5 Å². The Kier molecular flexibility index (Phi) is 7.04. The molecule has 7 rings (SSSR count). The highest BCUT2D eigenvalue weighted by molar-refractivity contribution is 7.91. The second-order valence-electron chi connectivity index (χ2n) is 11.6. The molecule has 0 radical (unpaired) electrons. The molecular weight excluding hydrogens is 556 g/mol. The van der Waals surface area contributed by atoms with Crippen molar-refractivity contribution in [2.45, 2.75) is 51.2 Å². The number of amides is 1. The van der Waals surface area contributed by atoms with Crippen LogP contribution in [0.25, 0.3) is 16.7 Å². The standard InChI is InChI=1S/C29H34N8O4S/c38-28(35-13-14-36-19-31-34-27(36)16-35)21-4-6-22(7-5-21)32-29-30-11-8-26(33-29)37-12-9-23-24(37)2-1-3-25(23)41-17-20-10-15-42(39,40)18-20/h1-3,8-9,11-12,19-22H,4-7,10,13-18H2,(H,30,32,33). The number of ether oxygens (including phenoxy) is 1. The average molecular weight is 591 g/mol. The van der Waals surface area contributed by atoms with Crippen LogP contribution in [0.5, 0.6) is 5.75 Å². The van der Waals surface area contributed by atoms with E-state index < -0.39 is 9.84 Å². The molecule has 4 aromatic rings. The highest BCUT2D eigenvalue weighted by Crippen LogP contribution is 2.31. The quantitative estimate of drug-likeness (QED) is 0.344. The van der Waals surface area contributed by atoms with Crippen LogP contribution in [0, 0.1) is 11.8 Å². The Labute approximate surface area is 244 Å². The highest BCUT2D eigenvalue weighted by Gasteiger charge is 2.32. The van der Waals surface area contributed by atoms with Crippen molar-refractivity contribution in [3.8, 4) is 11.6 Å². The lowest BCUT2D eigenvalue weighted by atomic mass is 9.85. The number of hydrogen-bond acceptors (Lipinski definition) is 9. The minimum absolute atomic E-state index is 0.0312. The third-order valence-corrected chi connectivity index (χ3v) is 10.6. The van der Waals surface area contributed by atoms with Crippen molar-refractivity contribution in [1.82, 2.24) is 34.2 Å². The van der Waals surface area contributed by atoms with Crippen molar-refractivity contribution in [3.05, 3.63) is 54.9 Å². The number of aromatic nitrogens is 6. The monoisotopic (exact) mass is 590 g/mol. The molecule has 12 nitrogen and oxygen atoms in total. The maximum atomic E-state index is 13.2. The van der Waals surface area contributed by atoms with Crippen LogP contribution in [0.1, 0.15) is 37.9 Å². The fraction of sp³-hybridized carbons (Fsp3) is 0.483. The molecule has 1 unspecified atom stereocenters. The zero-order valence-electron chi connectivity index (χ0n) is 23.3. The van der Waals surface area contributed by atoms with E-state index >= 15 is 0 Å². The number of nitrogens with one attached hydrogen (secondary N) is 1. The van der Waals surface area contributed by atoms with Gasteiger partial charge in [0.15, 0.2) is 15.7 Å². The second kappa shape index (κ2) is 11.0. The fourth-order valence-electron chi connectivity index (χ4n) is 6.41. The lowest BCUT2D eigenvalue weighted by molar-refractivity contribution is -0.138. The van der Waals surface area contributed by atoms with Gasteiger partial charge in [-0.05, 0) is 56.4 Å². The summed E-state index contributed by atoms with van der Waals surface area (Å²) in [5.74, 6) is 3.62. The third-order valence-electron chi connectivity index (χ3n) is 8.74. The fourth-order valence-corrected chi connectivity index (χ4v) is 8.25. The average Bonchev–Trinajstić information content (AvgIpc) is 3.74. The predicted octanol–water partition coefficient (Wildman–Crippen LogP) is 2.84. The van der Waals surface area contributed by atoms with Gasteiger partial charge in [-0.1, -0.05) is 6.07 Å². The summed E-state index contributed by atoms with van der Waals surface area (Å²) in [5, 5.41) is 12.5. The van der Waals surface area contributed by atoms with Gasteiger partial charge in [0, 0.05) is 48.7 Å². The summed E-state index contributed by atoms with van der Waals surface area (Å²) in [5.41, 5.74) is 0.950. The van der Waals surface area contributed by atoms with E-state index in [0.717, 1.165) is 60.5 Å². The van der Waals surface area contributed by atoms with Crippen LogP contribution in [-0.2, 0) is 27.7 Å². The Morgan fingerprint density at radius 1 is 1.07 bits per heavy atom. The molecular formula is C29H34N8O4S. The molecule has 0 bridgehead atoms. The SMILES string of the molecule is O=C(C1CCC(Nc2nccc(-n3ccc4c(OCC5CCS(=O)(=O)C5)cccc43)n2)CC1)N1CCn2cnnc2C1. The molecule has 220 valence electrons. The van der Waals surface area contributed by atoms with Crippen LogP contribution >= 0.6 is 0 Å². The second-order valence-corrected chi connectivity index (χ2v) is 13.8. The molecule has 1 N–H and O–H groups in total. The minimum atomic E-state index is -2.93. The lowest BCUT2D eigenvalue weighted by Crippen LogP contribution is -2.43. The van der Waals surface area contributed by atoms with E-state index in [1.165, 1.54) is 0 Å². The molecule has 5 heterocycles. The maximum Gasteiger partial charge on any atom is 0.226 e. The van der Waals surface area contributed by atoms with Crippen molar-refractivity contribution < 1.29 is 17.9 Å². The zero-order valence-corrected chi connectivity index (χ0v) is 24.1. The minimum Gasteiger partial charge on any atom is -0.493 e. The van der Waals surface area contributed by atoms with E-state index in [0.29, 0.717) is 32.1 Å². The molecule has 1 saturated heterocycles. The number of sulfone groups is 1. The molecule has 3 aromatic heterocycles. The molecule has 1 aliphatic carbocycles. The summed E-state index contributed by atoms with van der Waals surface area (Å²) in [4.78, 5) is 24.4. The van der Waals surface area contributed by atoms with Gasteiger partial charge in [-0.15, -0.1) is 10.2 Å². The van der Waals surface area contributed by atoms with Gasteiger partial charge in [-0.2, -0.15) is 4.98 Å².